The first-order valence-corrected chi connectivity index (χ1v) is 8.84. The van der Waals surface area contributed by atoms with Crippen LogP contribution in [-0.2, 0) is 16.0 Å². The lowest BCUT2D eigenvalue weighted by molar-refractivity contribution is -0.129. The third-order valence-electron chi connectivity index (χ3n) is 4.37. The summed E-state index contributed by atoms with van der Waals surface area (Å²) in [7, 11) is 0. The molecule has 1 saturated heterocycles. The number of rotatable bonds is 7. The van der Waals surface area contributed by atoms with Gasteiger partial charge in [-0.3, -0.25) is 10.3 Å². The van der Waals surface area contributed by atoms with Crippen LogP contribution >= 0.6 is 0 Å². The Balaban J connectivity index is 1.60. The van der Waals surface area contributed by atoms with Gasteiger partial charge < -0.3 is 9.84 Å². The van der Waals surface area contributed by atoms with E-state index in [0.29, 0.717) is 5.69 Å². The standard InChI is InChI=1S/C20H22FN3O3/c21-17-3-1-2-16(14-17)19(20(25)26)23-22-18-6-4-15(5-7-18)8-9-24-10-12-27-13-11-24/h1-7,14,22H,8-13H2,(H,25,26). The molecule has 0 atom stereocenters. The molecule has 0 aromatic heterocycles. The number of hydrazone groups is 1. The summed E-state index contributed by atoms with van der Waals surface area (Å²) in [6.07, 6.45) is 0.938. The maximum absolute atomic E-state index is 13.3. The van der Waals surface area contributed by atoms with E-state index < -0.39 is 11.8 Å². The van der Waals surface area contributed by atoms with Crippen molar-refractivity contribution < 1.29 is 19.0 Å². The van der Waals surface area contributed by atoms with Crippen molar-refractivity contribution in [3.05, 3.63) is 65.5 Å². The summed E-state index contributed by atoms with van der Waals surface area (Å²) in [5.41, 5.74) is 4.56. The summed E-state index contributed by atoms with van der Waals surface area (Å²) in [6.45, 7) is 4.49. The Kier molecular flexibility index (Phi) is 6.51. The van der Waals surface area contributed by atoms with Crippen molar-refractivity contribution in [2.24, 2.45) is 5.10 Å². The third kappa shape index (κ3) is 5.60. The molecule has 0 saturated carbocycles. The summed E-state index contributed by atoms with van der Waals surface area (Å²) in [5.74, 6) is -1.73. The van der Waals surface area contributed by atoms with Crippen LogP contribution in [0.4, 0.5) is 10.1 Å². The van der Waals surface area contributed by atoms with E-state index >= 15 is 0 Å². The Hall–Kier alpha value is -2.77. The normalized spacial score (nSPS) is 15.5. The molecule has 3 rings (SSSR count). The number of nitrogens with zero attached hydrogens (tertiary/aromatic N) is 2. The number of hydrogen-bond donors (Lipinski definition) is 2. The van der Waals surface area contributed by atoms with Crippen LogP contribution in [0.15, 0.2) is 53.6 Å². The Morgan fingerprint density at radius 1 is 1.19 bits per heavy atom. The lowest BCUT2D eigenvalue weighted by Crippen LogP contribution is -2.37. The van der Waals surface area contributed by atoms with E-state index in [1.165, 1.54) is 23.8 Å². The highest BCUT2D eigenvalue weighted by atomic mass is 19.1. The topological polar surface area (TPSA) is 74.2 Å². The fraction of sp³-hybridized carbons (Fsp3) is 0.300. The monoisotopic (exact) mass is 371 g/mol. The van der Waals surface area contributed by atoms with Crippen LogP contribution in [-0.4, -0.2) is 54.5 Å². The highest BCUT2D eigenvalue weighted by Crippen LogP contribution is 2.12. The molecule has 2 N–H and O–H groups in total. The summed E-state index contributed by atoms with van der Waals surface area (Å²) in [6, 6.07) is 13.0. The van der Waals surface area contributed by atoms with E-state index in [0.717, 1.165) is 45.3 Å². The Labute approximate surface area is 157 Å². The number of carboxylic acid groups (broad SMARTS) is 1. The number of halogens is 1. The Morgan fingerprint density at radius 2 is 1.93 bits per heavy atom. The van der Waals surface area contributed by atoms with Gasteiger partial charge in [-0.1, -0.05) is 24.3 Å². The molecule has 0 bridgehead atoms. The van der Waals surface area contributed by atoms with Crippen LogP contribution < -0.4 is 5.43 Å². The van der Waals surface area contributed by atoms with Gasteiger partial charge in [0.2, 0.25) is 0 Å². The summed E-state index contributed by atoms with van der Waals surface area (Å²) < 4.78 is 18.7. The van der Waals surface area contributed by atoms with Gasteiger partial charge in [-0.15, -0.1) is 0 Å². The fourth-order valence-electron chi connectivity index (χ4n) is 2.85. The Morgan fingerprint density at radius 3 is 2.59 bits per heavy atom. The zero-order valence-corrected chi connectivity index (χ0v) is 14.9. The fourth-order valence-corrected chi connectivity index (χ4v) is 2.85. The van der Waals surface area contributed by atoms with E-state index in [9.17, 15) is 14.3 Å². The minimum Gasteiger partial charge on any atom is -0.476 e. The summed E-state index contributed by atoms with van der Waals surface area (Å²) in [4.78, 5) is 13.8. The van der Waals surface area contributed by atoms with Crippen LogP contribution in [0.25, 0.3) is 0 Å². The molecule has 0 aliphatic carbocycles. The van der Waals surface area contributed by atoms with Crippen molar-refractivity contribution in [3.8, 4) is 0 Å². The predicted octanol–water partition coefficient (Wildman–Crippen LogP) is 2.60. The smallest absolute Gasteiger partial charge is 0.356 e. The average molecular weight is 371 g/mol. The van der Waals surface area contributed by atoms with E-state index in [4.69, 9.17) is 4.74 Å². The van der Waals surface area contributed by atoms with Crippen molar-refractivity contribution in [1.82, 2.24) is 4.90 Å². The maximum Gasteiger partial charge on any atom is 0.356 e. The number of nitrogens with one attached hydrogen (secondary N) is 1. The average Bonchev–Trinajstić information content (AvgIpc) is 2.68. The molecular weight excluding hydrogens is 349 g/mol. The molecule has 6 nitrogen and oxygen atoms in total. The quantitative estimate of drug-likeness (QED) is 0.578. The second-order valence-electron chi connectivity index (χ2n) is 6.29. The molecule has 1 aliphatic heterocycles. The second-order valence-corrected chi connectivity index (χ2v) is 6.29. The van der Waals surface area contributed by atoms with E-state index in [2.05, 4.69) is 15.4 Å². The molecule has 2 aromatic carbocycles. The molecule has 2 aromatic rings. The molecule has 0 spiro atoms. The SMILES string of the molecule is O=C(O)C(=NNc1ccc(CCN2CCOCC2)cc1)c1cccc(F)c1. The van der Waals surface area contributed by atoms with Crippen LogP contribution in [0.2, 0.25) is 0 Å². The molecule has 1 aliphatic rings. The molecule has 7 heteroatoms. The largest absolute Gasteiger partial charge is 0.476 e. The Bertz CT molecular complexity index is 802. The maximum atomic E-state index is 13.3. The van der Waals surface area contributed by atoms with Gasteiger partial charge in [-0.2, -0.15) is 5.10 Å². The van der Waals surface area contributed by atoms with Gasteiger partial charge in [-0.25, -0.2) is 9.18 Å². The van der Waals surface area contributed by atoms with Gasteiger partial charge in [-0.05, 0) is 36.2 Å². The second kappa shape index (κ2) is 9.25. The number of ether oxygens (including phenoxy) is 1. The summed E-state index contributed by atoms with van der Waals surface area (Å²) in [5, 5.41) is 13.3. The van der Waals surface area contributed by atoms with Crippen LogP contribution in [0.3, 0.4) is 0 Å². The molecule has 0 radical (unpaired) electrons. The zero-order chi connectivity index (χ0) is 19.1. The van der Waals surface area contributed by atoms with Crippen molar-refractivity contribution in [2.75, 3.05) is 38.3 Å². The van der Waals surface area contributed by atoms with Gasteiger partial charge in [0.15, 0.2) is 5.71 Å². The third-order valence-corrected chi connectivity index (χ3v) is 4.37. The molecule has 1 fully saturated rings. The predicted molar refractivity (Wildman–Crippen MR) is 102 cm³/mol. The van der Waals surface area contributed by atoms with E-state index in [1.54, 1.807) is 0 Å². The number of carboxylic acids is 1. The van der Waals surface area contributed by atoms with Crippen LogP contribution in [0.1, 0.15) is 11.1 Å². The van der Waals surface area contributed by atoms with Gasteiger partial charge in [0.1, 0.15) is 5.82 Å². The van der Waals surface area contributed by atoms with Crippen molar-refractivity contribution in [1.29, 1.82) is 0 Å². The van der Waals surface area contributed by atoms with Crippen molar-refractivity contribution >= 4 is 17.4 Å². The van der Waals surface area contributed by atoms with Gasteiger partial charge in [0, 0.05) is 25.2 Å². The lowest BCUT2D eigenvalue weighted by atomic mass is 10.1. The molecule has 0 amide bonds. The van der Waals surface area contributed by atoms with Gasteiger partial charge in [0.25, 0.3) is 0 Å². The van der Waals surface area contributed by atoms with Gasteiger partial charge >= 0.3 is 5.97 Å². The number of anilines is 1. The molecule has 27 heavy (non-hydrogen) atoms. The molecule has 0 unspecified atom stereocenters. The zero-order valence-electron chi connectivity index (χ0n) is 14.9. The highest BCUT2D eigenvalue weighted by molar-refractivity contribution is 6.42. The first kappa shape index (κ1) is 19.0. The molecule has 142 valence electrons. The van der Waals surface area contributed by atoms with Crippen LogP contribution in [0.5, 0.6) is 0 Å². The minimum atomic E-state index is -1.23. The number of morpholine rings is 1. The number of carbonyl (C=O) groups is 1. The van der Waals surface area contributed by atoms with E-state index in [1.807, 2.05) is 24.3 Å². The first-order chi connectivity index (χ1) is 13.1. The number of hydrogen-bond acceptors (Lipinski definition) is 5. The lowest BCUT2D eigenvalue weighted by Gasteiger charge is -2.26. The molecule has 1 heterocycles. The minimum absolute atomic E-state index is 0.206. The van der Waals surface area contributed by atoms with E-state index in [-0.39, 0.29) is 11.3 Å². The molecular formula is C20H22FN3O3. The summed E-state index contributed by atoms with van der Waals surface area (Å²) >= 11 is 0. The van der Waals surface area contributed by atoms with Crippen LogP contribution in [0, 0.1) is 5.82 Å². The first-order valence-electron chi connectivity index (χ1n) is 8.84. The highest BCUT2D eigenvalue weighted by Gasteiger charge is 2.13. The van der Waals surface area contributed by atoms with Gasteiger partial charge in [0.05, 0.1) is 18.9 Å². The number of aliphatic carboxylic acids is 1. The van der Waals surface area contributed by atoms with Crippen molar-refractivity contribution in [2.45, 2.75) is 6.42 Å². The number of benzene rings is 2. The van der Waals surface area contributed by atoms with Crippen molar-refractivity contribution in [3.63, 3.8) is 0 Å².